The highest BCUT2D eigenvalue weighted by atomic mass is 19.3. The van der Waals surface area contributed by atoms with E-state index < -0.39 is 34.9 Å². The minimum absolute atomic E-state index is 0.0182. The molecule has 10 heteroatoms. The van der Waals surface area contributed by atoms with Crippen LogP contribution in [0.2, 0.25) is 0 Å². The van der Waals surface area contributed by atoms with Gasteiger partial charge in [0.1, 0.15) is 17.5 Å². The number of hydrogen-bond acceptors (Lipinski definition) is 3. The Labute approximate surface area is 186 Å². The van der Waals surface area contributed by atoms with Crippen molar-refractivity contribution in [3.63, 3.8) is 0 Å². The number of fused-ring (bicyclic) bond motifs is 1. The Bertz CT molecular complexity index is 1260. The number of carbonyl (C=O) groups is 2. The number of benzene rings is 2. The van der Waals surface area contributed by atoms with E-state index in [2.05, 4.69) is 10.3 Å². The highest BCUT2D eigenvalue weighted by Gasteiger charge is 2.47. The van der Waals surface area contributed by atoms with E-state index in [0.717, 1.165) is 23.1 Å². The molecule has 0 fully saturated rings. The number of imidazole rings is 1. The normalized spacial score (nSPS) is 13.6. The number of carbonyl (C=O) groups excluding carboxylic acids is 2. The highest BCUT2D eigenvalue weighted by Crippen LogP contribution is 2.34. The number of halogens is 4. The molecule has 3 aromatic rings. The SMILES string of the molecule is Cc1cc(NC(=O)c2ccc(F)c(C(F)(F)C(=O)N3CCn4c(cnc4C)C3)c2)ccc1F. The lowest BCUT2D eigenvalue weighted by molar-refractivity contribution is -0.161. The van der Waals surface area contributed by atoms with E-state index in [1.807, 2.05) is 4.57 Å². The molecular weight excluding hydrogens is 440 g/mol. The summed E-state index contributed by atoms with van der Waals surface area (Å²) >= 11 is 0. The molecule has 0 radical (unpaired) electrons. The molecule has 172 valence electrons. The molecule has 0 unspecified atom stereocenters. The first kappa shape index (κ1) is 22.5. The molecule has 0 bridgehead atoms. The van der Waals surface area contributed by atoms with Crippen molar-refractivity contribution in [2.75, 3.05) is 11.9 Å². The van der Waals surface area contributed by atoms with Crippen molar-refractivity contribution in [2.45, 2.75) is 32.9 Å². The number of nitrogens with one attached hydrogen (secondary N) is 1. The molecule has 0 spiro atoms. The Kier molecular flexibility index (Phi) is 5.69. The predicted molar refractivity (Wildman–Crippen MR) is 112 cm³/mol. The van der Waals surface area contributed by atoms with Crippen LogP contribution < -0.4 is 5.32 Å². The molecule has 2 heterocycles. The molecule has 1 aliphatic heterocycles. The van der Waals surface area contributed by atoms with E-state index in [-0.39, 0.29) is 29.9 Å². The summed E-state index contributed by atoms with van der Waals surface area (Å²) in [5.41, 5.74) is -0.333. The number of nitrogens with zero attached hydrogens (tertiary/aromatic N) is 3. The number of aryl methyl sites for hydroxylation is 2. The Morgan fingerprint density at radius 3 is 2.48 bits per heavy atom. The van der Waals surface area contributed by atoms with Crippen LogP contribution in [0.25, 0.3) is 0 Å². The summed E-state index contributed by atoms with van der Waals surface area (Å²) in [6.45, 7) is 3.51. The zero-order valence-electron chi connectivity index (χ0n) is 17.8. The summed E-state index contributed by atoms with van der Waals surface area (Å²) < 4.78 is 59.9. The molecule has 0 aliphatic carbocycles. The van der Waals surface area contributed by atoms with E-state index in [0.29, 0.717) is 24.1 Å². The lowest BCUT2D eigenvalue weighted by atomic mass is 10.0. The van der Waals surface area contributed by atoms with Crippen LogP contribution in [0.3, 0.4) is 0 Å². The third-order valence-electron chi connectivity index (χ3n) is 5.62. The van der Waals surface area contributed by atoms with Crippen LogP contribution in [0.5, 0.6) is 0 Å². The monoisotopic (exact) mass is 460 g/mol. The summed E-state index contributed by atoms with van der Waals surface area (Å²) in [5.74, 6) is -7.61. The topological polar surface area (TPSA) is 67.2 Å². The number of alkyl halides is 2. The fourth-order valence-corrected chi connectivity index (χ4v) is 3.76. The molecule has 1 N–H and O–H groups in total. The van der Waals surface area contributed by atoms with Crippen molar-refractivity contribution in [3.05, 3.63) is 82.4 Å². The fourth-order valence-electron chi connectivity index (χ4n) is 3.76. The first-order valence-corrected chi connectivity index (χ1v) is 10.1. The summed E-state index contributed by atoms with van der Waals surface area (Å²) in [5, 5.41) is 2.45. The summed E-state index contributed by atoms with van der Waals surface area (Å²) in [7, 11) is 0. The standard InChI is InChI=1S/C23H20F4N4O2/c1-13-9-16(4-6-19(13)24)29-21(32)15-3-5-20(25)18(10-15)23(26,27)22(33)30-7-8-31-14(2)28-11-17(31)12-30/h3-6,9-11H,7-8,12H2,1-2H3,(H,29,32). The quantitative estimate of drug-likeness (QED) is 0.595. The van der Waals surface area contributed by atoms with Gasteiger partial charge in [-0.1, -0.05) is 0 Å². The molecule has 2 aromatic carbocycles. The van der Waals surface area contributed by atoms with Gasteiger partial charge >= 0.3 is 5.92 Å². The predicted octanol–water partition coefficient (Wildman–Crippen LogP) is 4.16. The van der Waals surface area contributed by atoms with E-state index in [1.54, 1.807) is 6.92 Å². The zero-order chi connectivity index (χ0) is 23.9. The third-order valence-corrected chi connectivity index (χ3v) is 5.62. The number of anilines is 1. The minimum atomic E-state index is -4.19. The second-order valence-electron chi connectivity index (χ2n) is 7.86. The first-order chi connectivity index (χ1) is 15.6. The Morgan fingerprint density at radius 1 is 1.03 bits per heavy atom. The summed E-state index contributed by atoms with van der Waals surface area (Å²) in [6.07, 6.45) is 1.51. The molecule has 1 aromatic heterocycles. The van der Waals surface area contributed by atoms with Crippen LogP contribution in [-0.4, -0.2) is 32.8 Å². The average Bonchev–Trinajstić information content (AvgIpc) is 3.16. The van der Waals surface area contributed by atoms with Gasteiger partial charge in [0.05, 0.1) is 24.0 Å². The van der Waals surface area contributed by atoms with Gasteiger partial charge < -0.3 is 14.8 Å². The lowest BCUT2D eigenvalue weighted by Crippen LogP contribution is -2.46. The maximum atomic E-state index is 15.1. The van der Waals surface area contributed by atoms with Crippen LogP contribution >= 0.6 is 0 Å². The Balaban J connectivity index is 1.57. The molecule has 0 saturated carbocycles. The van der Waals surface area contributed by atoms with Crippen LogP contribution in [-0.2, 0) is 23.8 Å². The van der Waals surface area contributed by atoms with Crippen molar-refractivity contribution in [1.29, 1.82) is 0 Å². The molecule has 0 atom stereocenters. The smallest absolute Gasteiger partial charge is 0.329 e. The van der Waals surface area contributed by atoms with Crippen molar-refractivity contribution >= 4 is 17.5 Å². The van der Waals surface area contributed by atoms with E-state index >= 15 is 8.78 Å². The van der Waals surface area contributed by atoms with Crippen LogP contribution in [0, 0.1) is 25.5 Å². The molecule has 4 rings (SSSR count). The van der Waals surface area contributed by atoms with E-state index in [1.165, 1.54) is 25.3 Å². The second kappa shape index (κ2) is 8.34. The van der Waals surface area contributed by atoms with E-state index in [9.17, 15) is 18.4 Å². The van der Waals surface area contributed by atoms with Gasteiger partial charge in [-0.05, 0) is 55.8 Å². The molecule has 6 nitrogen and oxygen atoms in total. The molecule has 0 saturated heterocycles. The number of rotatable bonds is 4. The first-order valence-electron chi connectivity index (χ1n) is 10.1. The van der Waals surface area contributed by atoms with Gasteiger partial charge in [-0.15, -0.1) is 0 Å². The van der Waals surface area contributed by atoms with Gasteiger partial charge in [0, 0.05) is 24.3 Å². The minimum Gasteiger partial charge on any atom is -0.329 e. The average molecular weight is 460 g/mol. The number of aromatic nitrogens is 2. The maximum absolute atomic E-state index is 15.1. The van der Waals surface area contributed by atoms with Gasteiger partial charge in [0.2, 0.25) is 0 Å². The number of hydrogen-bond donors (Lipinski definition) is 1. The van der Waals surface area contributed by atoms with Gasteiger partial charge in [0.25, 0.3) is 11.8 Å². The second-order valence-corrected chi connectivity index (χ2v) is 7.86. The summed E-state index contributed by atoms with van der Waals surface area (Å²) in [4.78, 5) is 30.3. The van der Waals surface area contributed by atoms with Gasteiger partial charge in [-0.2, -0.15) is 8.78 Å². The molecule has 2 amide bonds. The Hall–Kier alpha value is -3.69. The highest BCUT2D eigenvalue weighted by molar-refractivity contribution is 6.04. The third kappa shape index (κ3) is 4.20. The van der Waals surface area contributed by atoms with Crippen LogP contribution in [0.1, 0.15) is 33.0 Å². The van der Waals surface area contributed by atoms with Crippen LogP contribution in [0.15, 0.2) is 42.6 Å². The van der Waals surface area contributed by atoms with Crippen molar-refractivity contribution in [2.24, 2.45) is 0 Å². The molecular formula is C23H20F4N4O2. The lowest BCUT2D eigenvalue weighted by Gasteiger charge is -2.31. The fraction of sp³-hybridized carbons (Fsp3) is 0.261. The zero-order valence-corrected chi connectivity index (χ0v) is 17.8. The molecule has 1 aliphatic rings. The van der Waals surface area contributed by atoms with Gasteiger partial charge in [-0.3, -0.25) is 9.59 Å². The van der Waals surface area contributed by atoms with Gasteiger partial charge in [0.15, 0.2) is 0 Å². The molecule has 33 heavy (non-hydrogen) atoms. The van der Waals surface area contributed by atoms with Crippen molar-refractivity contribution < 1.29 is 27.2 Å². The van der Waals surface area contributed by atoms with Crippen molar-refractivity contribution in [1.82, 2.24) is 14.5 Å². The van der Waals surface area contributed by atoms with E-state index in [4.69, 9.17) is 0 Å². The Morgan fingerprint density at radius 2 is 1.76 bits per heavy atom. The van der Waals surface area contributed by atoms with Gasteiger partial charge in [-0.25, -0.2) is 13.8 Å². The number of amides is 2. The van der Waals surface area contributed by atoms with Crippen molar-refractivity contribution in [3.8, 4) is 0 Å². The maximum Gasteiger partial charge on any atom is 0.352 e. The summed E-state index contributed by atoms with van der Waals surface area (Å²) in [6, 6.07) is 6.25. The van der Waals surface area contributed by atoms with Crippen LogP contribution in [0.4, 0.5) is 23.2 Å². The largest absolute Gasteiger partial charge is 0.352 e.